The maximum atomic E-state index is 12.9. The van der Waals surface area contributed by atoms with Crippen molar-refractivity contribution in [2.24, 2.45) is 0 Å². The van der Waals surface area contributed by atoms with Gasteiger partial charge in [0.25, 0.3) is 0 Å². The van der Waals surface area contributed by atoms with Crippen LogP contribution in [0.1, 0.15) is 37.3 Å². The number of benzene rings is 1. The summed E-state index contributed by atoms with van der Waals surface area (Å²) >= 11 is 0. The number of H-pyrrole nitrogens is 1. The first-order valence-electron chi connectivity index (χ1n) is 12.5. The standard InChI is InChI=1S/C25H34N6O7S/c1-4-5-12-38-24-28-22(26)21-23(29-24)31(25(34)27-21)11-7-10-30(19(32)16-39(3,35)36)15-18-9-6-8-17(13-18)14-20(33)37-2/h6,8-9,13H,4-5,7,10-12,14-16H2,1-3H3,(H,27,34)(H2,26,28,29). The van der Waals surface area contributed by atoms with Crippen molar-refractivity contribution in [2.75, 3.05) is 38.0 Å². The third kappa shape index (κ3) is 8.53. The summed E-state index contributed by atoms with van der Waals surface area (Å²) < 4.78 is 35.3. The van der Waals surface area contributed by atoms with Gasteiger partial charge in [-0.3, -0.25) is 14.2 Å². The summed E-state index contributed by atoms with van der Waals surface area (Å²) in [6.45, 7) is 2.89. The van der Waals surface area contributed by atoms with Gasteiger partial charge >= 0.3 is 17.7 Å². The number of hydrogen-bond donors (Lipinski definition) is 2. The zero-order valence-electron chi connectivity index (χ0n) is 22.3. The van der Waals surface area contributed by atoms with Gasteiger partial charge in [0.2, 0.25) is 5.91 Å². The van der Waals surface area contributed by atoms with Crippen molar-refractivity contribution < 1.29 is 27.5 Å². The number of aromatic amines is 1. The molecule has 1 aromatic carbocycles. The Morgan fingerprint density at radius 2 is 1.92 bits per heavy atom. The van der Waals surface area contributed by atoms with E-state index in [4.69, 9.17) is 15.2 Å². The van der Waals surface area contributed by atoms with Gasteiger partial charge in [-0.05, 0) is 24.0 Å². The number of nitrogens with zero attached hydrogens (tertiary/aromatic N) is 4. The van der Waals surface area contributed by atoms with Gasteiger partial charge in [0.15, 0.2) is 21.3 Å². The predicted molar refractivity (Wildman–Crippen MR) is 145 cm³/mol. The first kappa shape index (κ1) is 29.6. The minimum Gasteiger partial charge on any atom is -0.469 e. The molecule has 0 atom stereocenters. The molecule has 0 saturated carbocycles. The van der Waals surface area contributed by atoms with Gasteiger partial charge in [0, 0.05) is 25.9 Å². The second kappa shape index (κ2) is 13.2. The number of carbonyl (C=O) groups excluding carboxylic acids is 2. The van der Waals surface area contributed by atoms with E-state index in [1.54, 1.807) is 24.3 Å². The summed E-state index contributed by atoms with van der Waals surface area (Å²) in [5.41, 5.74) is 7.55. The van der Waals surface area contributed by atoms with E-state index in [1.165, 1.54) is 16.6 Å². The first-order chi connectivity index (χ1) is 18.5. The van der Waals surface area contributed by atoms with Crippen molar-refractivity contribution >= 4 is 38.7 Å². The lowest BCUT2D eigenvalue weighted by molar-refractivity contribution is -0.139. The third-order valence-corrected chi connectivity index (χ3v) is 6.62. The molecule has 0 bridgehead atoms. The minimum atomic E-state index is -3.57. The van der Waals surface area contributed by atoms with Crippen LogP contribution in [0.4, 0.5) is 5.82 Å². The monoisotopic (exact) mass is 562 g/mol. The molecule has 13 nitrogen and oxygen atoms in total. The molecule has 1 amide bonds. The van der Waals surface area contributed by atoms with E-state index < -0.39 is 33.2 Å². The lowest BCUT2D eigenvalue weighted by atomic mass is 10.1. The number of anilines is 1. The number of fused-ring (bicyclic) bond motifs is 1. The summed E-state index contributed by atoms with van der Waals surface area (Å²) in [6, 6.07) is 7.13. The Balaban J connectivity index is 1.79. The van der Waals surface area contributed by atoms with Crippen LogP contribution in [-0.2, 0) is 43.7 Å². The fourth-order valence-corrected chi connectivity index (χ4v) is 4.57. The van der Waals surface area contributed by atoms with Crippen LogP contribution < -0.4 is 16.2 Å². The summed E-state index contributed by atoms with van der Waals surface area (Å²) in [5, 5.41) is 0. The number of nitrogen functional groups attached to an aromatic ring is 1. The number of carbonyl (C=O) groups is 2. The van der Waals surface area contributed by atoms with Crippen molar-refractivity contribution in [3.63, 3.8) is 0 Å². The molecule has 14 heteroatoms. The highest BCUT2D eigenvalue weighted by Gasteiger charge is 2.20. The zero-order valence-corrected chi connectivity index (χ0v) is 23.1. The fourth-order valence-electron chi connectivity index (χ4n) is 3.94. The number of esters is 1. The summed E-state index contributed by atoms with van der Waals surface area (Å²) in [7, 11) is -2.27. The number of hydrogen-bond acceptors (Lipinski definition) is 10. The molecular weight excluding hydrogens is 528 g/mol. The second-order valence-electron chi connectivity index (χ2n) is 9.19. The van der Waals surface area contributed by atoms with Crippen LogP contribution in [0.2, 0.25) is 0 Å². The summed E-state index contributed by atoms with van der Waals surface area (Å²) in [6.07, 6.45) is 3.12. The van der Waals surface area contributed by atoms with Crippen LogP contribution in [0, 0.1) is 0 Å². The molecule has 39 heavy (non-hydrogen) atoms. The van der Waals surface area contributed by atoms with Gasteiger partial charge in [-0.25, -0.2) is 13.2 Å². The Hall–Kier alpha value is -3.94. The SMILES string of the molecule is CCCCOc1nc(N)c2[nH]c(=O)n(CCCN(Cc3cccc(CC(=O)OC)c3)C(=O)CS(C)(=O)=O)c2n1. The Morgan fingerprint density at radius 3 is 2.62 bits per heavy atom. The largest absolute Gasteiger partial charge is 0.469 e. The van der Waals surface area contributed by atoms with Gasteiger partial charge in [0.05, 0.1) is 20.1 Å². The topological polar surface area (TPSA) is 180 Å². The van der Waals surface area contributed by atoms with Crippen LogP contribution in [0.25, 0.3) is 11.2 Å². The molecule has 0 unspecified atom stereocenters. The maximum absolute atomic E-state index is 12.9. The van der Waals surface area contributed by atoms with E-state index in [9.17, 15) is 22.8 Å². The molecule has 3 aromatic rings. The van der Waals surface area contributed by atoms with Crippen LogP contribution in [0.3, 0.4) is 0 Å². The highest BCUT2D eigenvalue weighted by atomic mass is 32.2. The number of aryl methyl sites for hydroxylation is 1. The summed E-state index contributed by atoms with van der Waals surface area (Å²) in [5.74, 6) is -1.53. The molecule has 0 radical (unpaired) electrons. The van der Waals surface area contributed by atoms with E-state index in [1.807, 2.05) is 6.92 Å². The van der Waals surface area contributed by atoms with E-state index >= 15 is 0 Å². The van der Waals surface area contributed by atoms with Crippen LogP contribution >= 0.6 is 0 Å². The highest BCUT2D eigenvalue weighted by Crippen LogP contribution is 2.18. The number of nitrogens with two attached hydrogens (primary N) is 1. The number of amides is 1. The van der Waals surface area contributed by atoms with E-state index in [2.05, 4.69) is 15.0 Å². The zero-order chi connectivity index (χ0) is 28.6. The molecule has 2 aromatic heterocycles. The molecular formula is C25H34N6O7S. The quantitative estimate of drug-likeness (QED) is 0.213. The molecule has 0 spiro atoms. The van der Waals surface area contributed by atoms with Crippen molar-refractivity contribution in [1.82, 2.24) is 24.4 Å². The van der Waals surface area contributed by atoms with Crippen LogP contribution in [0.15, 0.2) is 29.1 Å². The number of nitrogens with one attached hydrogen (secondary N) is 1. The number of imidazole rings is 1. The Labute approximate surface area is 226 Å². The van der Waals surface area contributed by atoms with Crippen molar-refractivity contribution in [1.29, 1.82) is 0 Å². The van der Waals surface area contributed by atoms with Gasteiger partial charge in [0.1, 0.15) is 11.3 Å². The molecule has 0 fully saturated rings. The number of sulfone groups is 1. The number of rotatable bonds is 14. The number of methoxy groups -OCH3 is 1. The molecule has 0 aliphatic heterocycles. The van der Waals surface area contributed by atoms with Crippen LogP contribution in [0.5, 0.6) is 6.01 Å². The number of ether oxygens (including phenoxy) is 2. The normalized spacial score (nSPS) is 11.5. The van der Waals surface area contributed by atoms with Gasteiger partial charge in [-0.2, -0.15) is 9.97 Å². The van der Waals surface area contributed by atoms with Gasteiger partial charge in [-0.15, -0.1) is 0 Å². The van der Waals surface area contributed by atoms with Gasteiger partial charge in [-0.1, -0.05) is 37.6 Å². The van der Waals surface area contributed by atoms with Crippen molar-refractivity contribution in [3.8, 4) is 6.01 Å². The molecule has 3 N–H and O–H groups in total. The Bertz CT molecular complexity index is 1480. The van der Waals surface area contributed by atoms with E-state index in [0.717, 1.165) is 24.7 Å². The summed E-state index contributed by atoms with van der Waals surface area (Å²) in [4.78, 5) is 49.7. The third-order valence-electron chi connectivity index (χ3n) is 5.85. The molecule has 212 valence electrons. The molecule has 0 aliphatic carbocycles. The first-order valence-corrected chi connectivity index (χ1v) is 14.6. The number of aromatic nitrogens is 4. The predicted octanol–water partition coefficient (Wildman–Crippen LogP) is 1.06. The molecule has 0 aliphatic rings. The molecule has 3 rings (SSSR count). The second-order valence-corrected chi connectivity index (χ2v) is 11.3. The molecule has 0 saturated heterocycles. The van der Waals surface area contributed by atoms with E-state index in [-0.39, 0.29) is 49.0 Å². The Kier molecular flexibility index (Phi) is 10.0. The average molecular weight is 563 g/mol. The highest BCUT2D eigenvalue weighted by molar-refractivity contribution is 7.91. The minimum absolute atomic E-state index is 0.0676. The lowest BCUT2D eigenvalue weighted by Crippen LogP contribution is -2.36. The number of unbranched alkanes of at least 4 members (excludes halogenated alkanes) is 1. The van der Waals surface area contributed by atoms with Gasteiger partial charge < -0.3 is 25.1 Å². The smallest absolute Gasteiger partial charge is 0.327 e. The molecule has 2 heterocycles. The van der Waals surface area contributed by atoms with Crippen LogP contribution in [-0.4, -0.2) is 77.0 Å². The lowest BCUT2D eigenvalue weighted by Gasteiger charge is -2.23. The van der Waals surface area contributed by atoms with Crippen molar-refractivity contribution in [3.05, 3.63) is 45.9 Å². The van der Waals surface area contributed by atoms with E-state index in [0.29, 0.717) is 18.6 Å². The fraction of sp³-hybridized carbons (Fsp3) is 0.480. The van der Waals surface area contributed by atoms with Crippen molar-refractivity contribution in [2.45, 2.75) is 45.7 Å². The Morgan fingerprint density at radius 1 is 1.18 bits per heavy atom. The maximum Gasteiger partial charge on any atom is 0.327 e. The average Bonchev–Trinajstić information content (AvgIpc) is 3.18.